The first-order valence-electron chi connectivity index (χ1n) is 8.41. The summed E-state index contributed by atoms with van der Waals surface area (Å²) in [5, 5.41) is 0. The van der Waals surface area contributed by atoms with Gasteiger partial charge >= 0.3 is 0 Å². The topological polar surface area (TPSA) is 39.9 Å². The molecule has 0 aliphatic carbocycles. The average molecular weight is 347 g/mol. The molecule has 0 atom stereocenters. The summed E-state index contributed by atoms with van der Waals surface area (Å²) in [5.74, 6) is 2.03. The number of aryl methyl sites for hydroxylation is 1. The fraction of sp³-hybridized carbons (Fsp3) is 0.200. The van der Waals surface area contributed by atoms with Crippen LogP contribution in [0.1, 0.15) is 12.2 Å². The van der Waals surface area contributed by atoms with Gasteiger partial charge in [-0.05, 0) is 30.7 Å². The number of fused-ring (bicyclic) bond motifs is 2. The number of aromatic nitrogens is 3. The zero-order valence-corrected chi connectivity index (χ0v) is 14.7. The second kappa shape index (κ2) is 5.70. The number of methoxy groups -OCH3 is 1. The van der Waals surface area contributed by atoms with Crippen molar-refractivity contribution in [2.45, 2.75) is 19.4 Å². The lowest BCUT2D eigenvalue weighted by molar-refractivity contribution is 0.415. The van der Waals surface area contributed by atoms with Gasteiger partial charge in [0.2, 0.25) is 0 Å². The fourth-order valence-corrected chi connectivity index (χ4v) is 4.31. The van der Waals surface area contributed by atoms with E-state index >= 15 is 0 Å². The highest BCUT2D eigenvalue weighted by molar-refractivity contribution is 7.16. The molecule has 124 valence electrons. The van der Waals surface area contributed by atoms with E-state index in [2.05, 4.69) is 39.9 Å². The molecule has 2 aromatic carbocycles. The van der Waals surface area contributed by atoms with Gasteiger partial charge < -0.3 is 9.30 Å². The monoisotopic (exact) mass is 347 g/mol. The van der Waals surface area contributed by atoms with Gasteiger partial charge in [-0.1, -0.05) is 18.2 Å². The molecule has 1 aliphatic heterocycles. The predicted molar refractivity (Wildman–Crippen MR) is 101 cm³/mol. The minimum absolute atomic E-state index is 0.856. The molecule has 0 fully saturated rings. The van der Waals surface area contributed by atoms with E-state index in [0.717, 1.165) is 41.9 Å². The van der Waals surface area contributed by atoms with Crippen LogP contribution in [0.3, 0.4) is 0 Å². The molecule has 3 heterocycles. The van der Waals surface area contributed by atoms with Crippen molar-refractivity contribution in [1.29, 1.82) is 0 Å². The number of rotatable bonds is 3. The van der Waals surface area contributed by atoms with Gasteiger partial charge in [-0.15, -0.1) is 11.3 Å². The Balaban J connectivity index is 1.74. The van der Waals surface area contributed by atoms with Gasteiger partial charge in [-0.3, -0.25) is 0 Å². The summed E-state index contributed by atoms with van der Waals surface area (Å²) in [7, 11) is 1.70. The van der Waals surface area contributed by atoms with E-state index in [9.17, 15) is 0 Å². The summed E-state index contributed by atoms with van der Waals surface area (Å²) in [6, 6.07) is 14.7. The van der Waals surface area contributed by atoms with Crippen molar-refractivity contribution in [3.05, 3.63) is 53.8 Å². The lowest BCUT2D eigenvalue weighted by Gasteiger charge is -2.09. The number of imidazole rings is 1. The minimum atomic E-state index is 0.856. The third-order valence-electron chi connectivity index (χ3n) is 4.78. The Labute approximate surface area is 149 Å². The van der Waals surface area contributed by atoms with E-state index in [1.54, 1.807) is 18.4 Å². The third kappa shape index (κ3) is 2.35. The van der Waals surface area contributed by atoms with Crippen LogP contribution in [0, 0.1) is 0 Å². The Morgan fingerprint density at radius 2 is 2.08 bits per heavy atom. The highest BCUT2D eigenvalue weighted by Crippen LogP contribution is 2.37. The molecule has 2 aromatic heterocycles. The maximum Gasteiger partial charge on any atom is 0.119 e. The maximum absolute atomic E-state index is 5.41. The zero-order chi connectivity index (χ0) is 16.8. The van der Waals surface area contributed by atoms with Crippen LogP contribution in [-0.2, 0) is 13.0 Å². The van der Waals surface area contributed by atoms with Crippen molar-refractivity contribution in [1.82, 2.24) is 14.5 Å². The number of benzene rings is 2. The Morgan fingerprint density at radius 3 is 3.00 bits per heavy atom. The van der Waals surface area contributed by atoms with Crippen LogP contribution in [-0.4, -0.2) is 21.6 Å². The molecule has 0 bridgehead atoms. The predicted octanol–water partition coefficient (Wildman–Crippen LogP) is 4.78. The van der Waals surface area contributed by atoms with Crippen molar-refractivity contribution >= 4 is 21.6 Å². The summed E-state index contributed by atoms with van der Waals surface area (Å²) >= 11 is 1.68. The molecule has 0 amide bonds. The van der Waals surface area contributed by atoms with Crippen molar-refractivity contribution in [2.24, 2.45) is 0 Å². The van der Waals surface area contributed by atoms with Crippen molar-refractivity contribution < 1.29 is 4.74 Å². The Morgan fingerprint density at radius 1 is 1.12 bits per heavy atom. The van der Waals surface area contributed by atoms with Crippen LogP contribution in [0.25, 0.3) is 32.7 Å². The standard InChI is InChI=1S/C20H17N3OS/c1-24-15-5-2-4-13(10-15)19-20(23-9-3-6-18(23)22-19)14-7-8-16-17(11-14)25-12-21-16/h2,4-5,7-8,10-12H,3,6,9H2,1H3. The molecule has 0 radical (unpaired) electrons. The molecule has 0 saturated carbocycles. The van der Waals surface area contributed by atoms with Gasteiger partial charge in [-0.2, -0.15) is 0 Å². The van der Waals surface area contributed by atoms with Gasteiger partial charge in [0, 0.05) is 24.1 Å². The molecule has 4 nitrogen and oxygen atoms in total. The molecular weight excluding hydrogens is 330 g/mol. The molecule has 5 heteroatoms. The smallest absolute Gasteiger partial charge is 0.119 e. The molecule has 0 unspecified atom stereocenters. The van der Waals surface area contributed by atoms with Gasteiger partial charge in [-0.25, -0.2) is 9.97 Å². The fourth-order valence-electron chi connectivity index (χ4n) is 3.59. The molecule has 0 saturated heterocycles. The number of thiazole rings is 1. The summed E-state index contributed by atoms with van der Waals surface area (Å²) in [6.45, 7) is 1.03. The summed E-state index contributed by atoms with van der Waals surface area (Å²) in [6.07, 6.45) is 2.20. The highest BCUT2D eigenvalue weighted by atomic mass is 32.1. The first-order chi connectivity index (χ1) is 12.3. The van der Waals surface area contributed by atoms with E-state index in [-0.39, 0.29) is 0 Å². The van der Waals surface area contributed by atoms with Crippen LogP contribution >= 0.6 is 11.3 Å². The van der Waals surface area contributed by atoms with E-state index in [4.69, 9.17) is 9.72 Å². The van der Waals surface area contributed by atoms with Crippen molar-refractivity contribution in [3.63, 3.8) is 0 Å². The normalized spacial score (nSPS) is 13.3. The van der Waals surface area contributed by atoms with Crippen LogP contribution in [0.4, 0.5) is 0 Å². The maximum atomic E-state index is 5.41. The van der Waals surface area contributed by atoms with Crippen LogP contribution in [0.15, 0.2) is 48.0 Å². The quantitative estimate of drug-likeness (QED) is 0.535. The van der Waals surface area contributed by atoms with E-state index in [0.29, 0.717) is 0 Å². The van der Waals surface area contributed by atoms with E-state index < -0.39 is 0 Å². The van der Waals surface area contributed by atoms with Gasteiger partial charge in [0.15, 0.2) is 0 Å². The van der Waals surface area contributed by atoms with Gasteiger partial charge in [0.1, 0.15) is 11.6 Å². The lowest BCUT2D eigenvalue weighted by Crippen LogP contribution is -1.96. The Bertz CT molecular complexity index is 1080. The highest BCUT2D eigenvalue weighted by Gasteiger charge is 2.23. The molecule has 1 aliphatic rings. The minimum Gasteiger partial charge on any atom is -0.497 e. The number of hydrogen-bond donors (Lipinski definition) is 0. The van der Waals surface area contributed by atoms with Crippen LogP contribution in [0.5, 0.6) is 5.75 Å². The second-order valence-electron chi connectivity index (χ2n) is 6.25. The summed E-state index contributed by atoms with van der Waals surface area (Å²) in [4.78, 5) is 9.37. The Kier molecular flexibility index (Phi) is 3.35. The first kappa shape index (κ1) is 14.7. The van der Waals surface area contributed by atoms with Gasteiger partial charge in [0.05, 0.1) is 34.2 Å². The lowest BCUT2D eigenvalue weighted by atomic mass is 10.0. The van der Waals surface area contributed by atoms with Crippen LogP contribution < -0.4 is 4.74 Å². The summed E-state index contributed by atoms with van der Waals surface area (Å²) < 4.78 is 8.99. The summed E-state index contributed by atoms with van der Waals surface area (Å²) in [5.41, 5.74) is 7.50. The van der Waals surface area contributed by atoms with E-state index in [1.807, 2.05) is 17.6 Å². The van der Waals surface area contributed by atoms with Crippen molar-refractivity contribution in [2.75, 3.05) is 7.11 Å². The second-order valence-corrected chi connectivity index (χ2v) is 7.13. The van der Waals surface area contributed by atoms with Crippen LogP contribution in [0.2, 0.25) is 0 Å². The molecular formula is C20H17N3OS. The average Bonchev–Trinajstić information content (AvgIpc) is 3.36. The van der Waals surface area contributed by atoms with E-state index in [1.165, 1.54) is 21.8 Å². The third-order valence-corrected chi connectivity index (χ3v) is 5.57. The van der Waals surface area contributed by atoms with Gasteiger partial charge in [0.25, 0.3) is 0 Å². The largest absolute Gasteiger partial charge is 0.497 e. The number of ether oxygens (including phenoxy) is 1. The molecule has 5 rings (SSSR count). The SMILES string of the molecule is COc1cccc(-c2nc3n(c2-c2ccc4ncsc4c2)CCC3)c1. The number of nitrogens with zero attached hydrogens (tertiary/aromatic N) is 3. The Hall–Kier alpha value is -2.66. The zero-order valence-electron chi connectivity index (χ0n) is 13.9. The molecule has 4 aromatic rings. The number of hydrogen-bond acceptors (Lipinski definition) is 4. The molecule has 0 N–H and O–H groups in total. The molecule has 25 heavy (non-hydrogen) atoms. The van der Waals surface area contributed by atoms with Crippen molar-refractivity contribution in [3.8, 4) is 28.3 Å². The first-order valence-corrected chi connectivity index (χ1v) is 9.29. The molecule has 0 spiro atoms.